The van der Waals surface area contributed by atoms with Gasteiger partial charge in [-0.3, -0.25) is 4.68 Å². The highest BCUT2D eigenvalue weighted by atomic mass is 35.5. The summed E-state index contributed by atoms with van der Waals surface area (Å²) in [5.41, 5.74) is 2.09. The fourth-order valence-electron chi connectivity index (χ4n) is 2.50. The van der Waals surface area contributed by atoms with Crippen LogP contribution in [0.2, 0.25) is 5.02 Å². The number of rotatable bonds is 3. The Labute approximate surface area is 126 Å². The van der Waals surface area contributed by atoms with Gasteiger partial charge in [0.05, 0.1) is 16.2 Å². The van der Waals surface area contributed by atoms with Crippen LogP contribution in [0.5, 0.6) is 0 Å². The first-order valence-electron chi connectivity index (χ1n) is 6.60. The zero-order valence-electron chi connectivity index (χ0n) is 11.4. The fourth-order valence-corrected chi connectivity index (χ4v) is 2.70. The Bertz CT molecular complexity index is 800. The van der Waals surface area contributed by atoms with E-state index in [1.54, 1.807) is 16.8 Å². The predicted octanol–water partition coefficient (Wildman–Crippen LogP) is 3.64. The zero-order chi connectivity index (χ0) is 15.0. The molecule has 1 unspecified atom stereocenters. The van der Waals surface area contributed by atoms with Crippen molar-refractivity contribution in [1.29, 1.82) is 0 Å². The van der Waals surface area contributed by atoms with Crippen molar-refractivity contribution in [3.05, 3.63) is 64.6 Å². The number of fused-ring (bicyclic) bond motifs is 1. The zero-order valence-corrected chi connectivity index (χ0v) is 12.2. The highest BCUT2D eigenvalue weighted by Gasteiger charge is 2.18. The molecule has 108 valence electrons. The molecule has 0 radical (unpaired) electrons. The van der Waals surface area contributed by atoms with Crippen LogP contribution < -0.4 is 0 Å². The van der Waals surface area contributed by atoms with Crippen LogP contribution in [0.4, 0.5) is 4.39 Å². The van der Waals surface area contributed by atoms with Crippen molar-refractivity contribution in [2.45, 2.75) is 12.5 Å². The maximum atomic E-state index is 13.5. The van der Waals surface area contributed by atoms with Crippen LogP contribution in [0.15, 0.2) is 42.5 Å². The normalized spacial score (nSPS) is 12.8. The molecule has 2 aromatic carbocycles. The molecule has 3 aromatic rings. The van der Waals surface area contributed by atoms with Gasteiger partial charge in [-0.25, -0.2) is 4.39 Å². The van der Waals surface area contributed by atoms with E-state index in [-0.39, 0.29) is 11.4 Å². The van der Waals surface area contributed by atoms with Gasteiger partial charge in [0.2, 0.25) is 0 Å². The summed E-state index contributed by atoms with van der Waals surface area (Å²) >= 11 is 5.94. The van der Waals surface area contributed by atoms with Gasteiger partial charge in [-0.2, -0.15) is 5.10 Å². The molecule has 0 amide bonds. The summed E-state index contributed by atoms with van der Waals surface area (Å²) in [6, 6.07) is 12.3. The summed E-state index contributed by atoms with van der Waals surface area (Å²) in [6.07, 6.45) is -0.618. The number of hydrogen-bond donors (Lipinski definition) is 1. The van der Waals surface area contributed by atoms with E-state index in [1.165, 1.54) is 6.07 Å². The van der Waals surface area contributed by atoms with Crippen LogP contribution in [0.25, 0.3) is 10.9 Å². The molecule has 0 fully saturated rings. The van der Waals surface area contributed by atoms with E-state index in [4.69, 9.17) is 11.6 Å². The molecule has 0 saturated heterocycles. The second-order valence-electron chi connectivity index (χ2n) is 4.96. The average Bonchev–Trinajstić information content (AvgIpc) is 2.82. The number of benzene rings is 2. The first kappa shape index (κ1) is 14.0. The van der Waals surface area contributed by atoms with Crippen molar-refractivity contribution in [2.75, 3.05) is 0 Å². The molecule has 21 heavy (non-hydrogen) atoms. The second-order valence-corrected chi connectivity index (χ2v) is 5.34. The highest BCUT2D eigenvalue weighted by molar-refractivity contribution is 6.31. The summed E-state index contributed by atoms with van der Waals surface area (Å²) in [7, 11) is 1.83. The summed E-state index contributed by atoms with van der Waals surface area (Å²) in [5, 5.41) is 15.8. The Kier molecular flexibility index (Phi) is 3.66. The number of halogens is 2. The van der Waals surface area contributed by atoms with E-state index in [0.717, 1.165) is 10.9 Å². The van der Waals surface area contributed by atoms with Crippen LogP contribution in [-0.4, -0.2) is 14.9 Å². The molecule has 0 spiro atoms. The molecule has 0 bridgehead atoms. The van der Waals surface area contributed by atoms with Crippen molar-refractivity contribution >= 4 is 22.5 Å². The summed E-state index contributed by atoms with van der Waals surface area (Å²) in [4.78, 5) is 0. The van der Waals surface area contributed by atoms with E-state index in [2.05, 4.69) is 5.10 Å². The summed E-state index contributed by atoms with van der Waals surface area (Å²) in [6.45, 7) is 0. The molecule has 3 rings (SSSR count). The van der Waals surface area contributed by atoms with Gasteiger partial charge in [-0.05, 0) is 17.7 Å². The second kappa shape index (κ2) is 5.47. The Morgan fingerprint density at radius 2 is 2.00 bits per heavy atom. The lowest BCUT2D eigenvalue weighted by atomic mass is 10.0. The minimum absolute atomic E-state index is 0.0526. The Morgan fingerprint density at radius 1 is 1.24 bits per heavy atom. The van der Waals surface area contributed by atoms with Crippen LogP contribution >= 0.6 is 11.6 Å². The van der Waals surface area contributed by atoms with E-state index < -0.39 is 11.9 Å². The Hall–Kier alpha value is -1.91. The number of para-hydroxylation sites is 1. The Morgan fingerprint density at radius 3 is 2.81 bits per heavy atom. The minimum Gasteiger partial charge on any atom is -0.386 e. The molecule has 1 aromatic heterocycles. The third-order valence-electron chi connectivity index (χ3n) is 3.55. The lowest BCUT2D eigenvalue weighted by molar-refractivity contribution is 0.174. The van der Waals surface area contributed by atoms with Gasteiger partial charge in [-0.1, -0.05) is 41.9 Å². The standard InChI is InChI=1S/C16H14ClFN2O/c1-20-13-8-3-2-6-11(13)16(19-20)14(21)9-10-5-4-7-12(18)15(10)17/h2-8,14,21H,9H2,1H3. The van der Waals surface area contributed by atoms with E-state index in [1.807, 2.05) is 31.3 Å². The van der Waals surface area contributed by atoms with Crippen molar-refractivity contribution < 1.29 is 9.50 Å². The molecule has 1 heterocycles. The third-order valence-corrected chi connectivity index (χ3v) is 3.97. The topological polar surface area (TPSA) is 38.0 Å². The summed E-state index contributed by atoms with van der Waals surface area (Å²) in [5.74, 6) is -0.479. The monoisotopic (exact) mass is 304 g/mol. The number of hydrogen-bond acceptors (Lipinski definition) is 2. The van der Waals surface area contributed by atoms with Crippen molar-refractivity contribution in [3.8, 4) is 0 Å². The number of aliphatic hydroxyl groups excluding tert-OH is 1. The lowest BCUT2D eigenvalue weighted by Crippen LogP contribution is -2.05. The number of aliphatic hydroxyl groups is 1. The molecule has 0 saturated carbocycles. The Balaban J connectivity index is 1.98. The fraction of sp³-hybridized carbons (Fsp3) is 0.188. The van der Waals surface area contributed by atoms with Gasteiger partial charge in [0.1, 0.15) is 11.9 Å². The van der Waals surface area contributed by atoms with Gasteiger partial charge in [0.25, 0.3) is 0 Å². The van der Waals surface area contributed by atoms with Crippen LogP contribution in [-0.2, 0) is 13.5 Å². The number of aromatic nitrogens is 2. The number of aryl methyl sites for hydroxylation is 1. The van der Waals surface area contributed by atoms with Gasteiger partial charge >= 0.3 is 0 Å². The maximum absolute atomic E-state index is 13.5. The van der Waals surface area contributed by atoms with Crippen molar-refractivity contribution in [1.82, 2.24) is 9.78 Å². The van der Waals surface area contributed by atoms with Crippen LogP contribution in [0.1, 0.15) is 17.4 Å². The number of nitrogens with zero attached hydrogens (tertiary/aromatic N) is 2. The van der Waals surface area contributed by atoms with Gasteiger partial charge in [-0.15, -0.1) is 0 Å². The smallest absolute Gasteiger partial charge is 0.142 e. The van der Waals surface area contributed by atoms with Gasteiger partial charge in [0, 0.05) is 18.9 Å². The van der Waals surface area contributed by atoms with E-state index in [0.29, 0.717) is 11.3 Å². The molecule has 1 atom stereocenters. The van der Waals surface area contributed by atoms with Gasteiger partial charge < -0.3 is 5.11 Å². The summed E-state index contributed by atoms with van der Waals surface area (Å²) < 4.78 is 15.2. The van der Waals surface area contributed by atoms with Crippen molar-refractivity contribution in [2.24, 2.45) is 7.05 Å². The quantitative estimate of drug-likeness (QED) is 0.802. The largest absolute Gasteiger partial charge is 0.386 e. The molecule has 0 aliphatic rings. The lowest BCUT2D eigenvalue weighted by Gasteiger charge is -2.10. The molecule has 0 aliphatic heterocycles. The van der Waals surface area contributed by atoms with E-state index in [9.17, 15) is 9.50 Å². The molecule has 5 heteroatoms. The SMILES string of the molecule is Cn1nc(C(O)Cc2cccc(F)c2Cl)c2ccccc21. The van der Waals surface area contributed by atoms with E-state index >= 15 is 0 Å². The highest BCUT2D eigenvalue weighted by Crippen LogP contribution is 2.28. The maximum Gasteiger partial charge on any atom is 0.142 e. The minimum atomic E-state index is -0.838. The first-order valence-corrected chi connectivity index (χ1v) is 6.98. The molecule has 0 aliphatic carbocycles. The molecule has 3 nitrogen and oxygen atoms in total. The predicted molar refractivity (Wildman–Crippen MR) is 80.8 cm³/mol. The van der Waals surface area contributed by atoms with Crippen LogP contribution in [0, 0.1) is 5.82 Å². The average molecular weight is 305 g/mol. The van der Waals surface area contributed by atoms with Crippen LogP contribution in [0.3, 0.4) is 0 Å². The molecular formula is C16H14ClFN2O. The molecular weight excluding hydrogens is 291 g/mol. The molecule has 1 N–H and O–H groups in total. The van der Waals surface area contributed by atoms with Gasteiger partial charge in [0.15, 0.2) is 0 Å². The van der Waals surface area contributed by atoms with Crippen molar-refractivity contribution in [3.63, 3.8) is 0 Å². The first-order chi connectivity index (χ1) is 10.1. The third kappa shape index (κ3) is 2.52.